The maximum atomic E-state index is 13.8. The highest BCUT2D eigenvalue weighted by Crippen LogP contribution is 2.36. The highest BCUT2D eigenvalue weighted by atomic mass is 35.5. The van der Waals surface area contributed by atoms with Crippen molar-refractivity contribution in [1.82, 2.24) is 14.8 Å². The van der Waals surface area contributed by atoms with Crippen LogP contribution in [0.15, 0.2) is 36.4 Å². The summed E-state index contributed by atoms with van der Waals surface area (Å²) >= 11 is 6.24. The zero-order valence-corrected chi connectivity index (χ0v) is 22.7. The average Bonchev–Trinajstić information content (AvgIpc) is 3.25. The van der Waals surface area contributed by atoms with Crippen molar-refractivity contribution < 1.29 is 40.1 Å². The third-order valence-corrected chi connectivity index (χ3v) is 6.94. The predicted octanol–water partition coefficient (Wildman–Crippen LogP) is 4.84. The van der Waals surface area contributed by atoms with Gasteiger partial charge in [0.05, 0.1) is 39.8 Å². The van der Waals surface area contributed by atoms with Gasteiger partial charge in [-0.3, -0.25) is 23.5 Å². The average molecular weight is 610 g/mol. The van der Waals surface area contributed by atoms with Gasteiger partial charge < -0.3 is 10.6 Å². The van der Waals surface area contributed by atoms with Gasteiger partial charge in [-0.25, -0.2) is 0 Å². The molecule has 2 aromatic heterocycles. The fourth-order valence-electron chi connectivity index (χ4n) is 4.03. The molecule has 0 aliphatic rings. The zero-order chi connectivity index (χ0) is 30.2. The standard InChI is InChI=1S/C24H22ClF6N5O3S/c1-12(11-40(3)39)36(22(38)20-15(21(32)37)5-4-6-16(20)25)17-8-7-14(33-13(17)2)10-35-19(24(29,30)31)9-18(34-35)23(26,27)28/h4-9,12H,10-11H2,1-3H3,(H2,32,37)/t12-,40?/m0/s1. The number of nitrogens with zero attached hydrogens (tertiary/aromatic N) is 4. The van der Waals surface area contributed by atoms with Crippen molar-refractivity contribution >= 4 is 39.9 Å². The van der Waals surface area contributed by atoms with Crippen molar-refractivity contribution in [1.29, 1.82) is 0 Å². The van der Waals surface area contributed by atoms with E-state index in [4.69, 9.17) is 17.3 Å². The van der Waals surface area contributed by atoms with E-state index in [9.17, 15) is 40.1 Å². The summed E-state index contributed by atoms with van der Waals surface area (Å²) in [6.07, 6.45) is -8.81. The number of primary amides is 1. The Morgan fingerprint density at radius 2 is 1.77 bits per heavy atom. The molecule has 1 aromatic carbocycles. The van der Waals surface area contributed by atoms with Gasteiger partial charge in [-0.2, -0.15) is 31.4 Å². The molecule has 0 fully saturated rings. The summed E-state index contributed by atoms with van der Waals surface area (Å²) in [7, 11) is -1.39. The van der Waals surface area contributed by atoms with Gasteiger partial charge in [0.2, 0.25) is 5.91 Å². The molecular formula is C24H22ClF6N5O3S. The van der Waals surface area contributed by atoms with Crippen LogP contribution in [0.2, 0.25) is 5.02 Å². The van der Waals surface area contributed by atoms with Crippen molar-refractivity contribution in [2.45, 2.75) is 38.8 Å². The number of alkyl halides is 6. The topological polar surface area (TPSA) is 111 Å². The second-order valence-electron chi connectivity index (χ2n) is 8.77. The molecule has 2 N–H and O–H groups in total. The Morgan fingerprint density at radius 1 is 1.12 bits per heavy atom. The summed E-state index contributed by atoms with van der Waals surface area (Å²) in [5.41, 5.74) is 1.85. The van der Waals surface area contributed by atoms with Crippen LogP contribution in [0, 0.1) is 6.92 Å². The molecule has 1 unspecified atom stereocenters. The van der Waals surface area contributed by atoms with Crippen LogP contribution >= 0.6 is 11.6 Å². The van der Waals surface area contributed by atoms with E-state index >= 15 is 0 Å². The molecule has 2 atom stereocenters. The van der Waals surface area contributed by atoms with Gasteiger partial charge in [-0.05, 0) is 38.1 Å². The quantitative estimate of drug-likeness (QED) is 0.368. The lowest BCUT2D eigenvalue weighted by molar-refractivity contribution is -0.144. The number of amides is 2. The van der Waals surface area contributed by atoms with Crippen molar-refractivity contribution in [3.8, 4) is 0 Å². The largest absolute Gasteiger partial charge is 0.435 e. The Hall–Kier alpha value is -3.46. The predicted molar refractivity (Wildman–Crippen MR) is 135 cm³/mol. The van der Waals surface area contributed by atoms with Gasteiger partial charge in [0.15, 0.2) is 5.69 Å². The highest BCUT2D eigenvalue weighted by molar-refractivity contribution is 7.84. The number of benzene rings is 1. The number of aryl methyl sites for hydroxylation is 1. The van der Waals surface area contributed by atoms with Gasteiger partial charge in [0.25, 0.3) is 5.91 Å². The van der Waals surface area contributed by atoms with Crippen molar-refractivity contribution in [3.05, 3.63) is 75.3 Å². The maximum Gasteiger partial charge on any atom is 0.435 e. The highest BCUT2D eigenvalue weighted by Gasteiger charge is 2.42. The summed E-state index contributed by atoms with van der Waals surface area (Å²) in [5.74, 6) is -1.72. The molecule has 0 radical (unpaired) electrons. The summed E-state index contributed by atoms with van der Waals surface area (Å²) in [6.45, 7) is 2.24. The number of hydrogen-bond donors (Lipinski definition) is 1. The van der Waals surface area contributed by atoms with Crippen LogP contribution in [0.25, 0.3) is 0 Å². The lowest BCUT2D eigenvalue weighted by Crippen LogP contribution is -2.43. The van der Waals surface area contributed by atoms with Crippen LogP contribution in [-0.4, -0.2) is 48.8 Å². The van der Waals surface area contributed by atoms with E-state index in [0.717, 1.165) is 0 Å². The molecule has 3 aromatic rings. The number of pyridine rings is 1. The van der Waals surface area contributed by atoms with Crippen molar-refractivity contribution in [2.24, 2.45) is 5.73 Å². The number of carbonyl (C=O) groups excluding carboxylic acids is 2. The minimum absolute atomic E-state index is 0.00820. The molecule has 3 rings (SSSR count). The van der Waals surface area contributed by atoms with Crippen LogP contribution in [0.5, 0.6) is 0 Å². The molecule has 16 heteroatoms. The number of nitrogens with two attached hydrogens (primary N) is 1. The van der Waals surface area contributed by atoms with Crippen LogP contribution in [-0.2, 0) is 29.7 Å². The second kappa shape index (κ2) is 11.6. The number of hydrogen-bond acceptors (Lipinski definition) is 5. The van der Waals surface area contributed by atoms with Crippen LogP contribution < -0.4 is 10.6 Å². The third-order valence-electron chi connectivity index (χ3n) is 5.68. The number of rotatable bonds is 8. The summed E-state index contributed by atoms with van der Waals surface area (Å²) in [6, 6.07) is 5.79. The van der Waals surface area contributed by atoms with Gasteiger partial charge in [-0.1, -0.05) is 17.7 Å². The van der Waals surface area contributed by atoms with Crippen molar-refractivity contribution in [2.75, 3.05) is 16.9 Å². The number of aromatic nitrogens is 3. The van der Waals surface area contributed by atoms with E-state index in [-0.39, 0.29) is 49.7 Å². The molecule has 2 heterocycles. The zero-order valence-electron chi connectivity index (χ0n) is 21.1. The minimum Gasteiger partial charge on any atom is -0.366 e. The molecule has 216 valence electrons. The first kappa shape index (κ1) is 31.1. The molecule has 0 saturated heterocycles. The van der Waals surface area contributed by atoms with Crippen LogP contribution in [0.3, 0.4) is 0 Å². The van der Waals surface area contributed by atoms with Gasteiger partial charge >= 0.3 is 12.4 Å². The lowest BCUT2D eigenvalue weighted by atomic mass is 10.0. The monoisotopic (exact) mass is 609 g/mol. The van der Waals surface area contributed by atoms with Gasteiger partial charge in [0.1, 0.15) is 5.69 Å². The first-order valence-electron chi connectivity index (χ1n) is 11.3. The van der Waals surface area contributed by atoms with E-state index in [1.807, 2.05) is 0 Å². The van der Waals surface area contributed by atoms with E-state index < -0.39 is 58.9 Å². The fourth-order valence-corrected chi connectivity index (χ4v) is 5.12. The molecular weight excluding hydrogens is 588 g/mol. The smallest absolute Gasteiger partial charge is 0.366 e. The lowest BCUT2D eigenvalue weighted by Gasteiger charge is -2.31. The van der Waals surface area contributed by atoms with E-state index in [0.29, 0.717) is 0 Å². The van der Waals surface area contributed by atoms with E-state index in [1.165, 1.54) is 48.4 Å². The Morgan fingerprint density at radius 3 is 2.30 bits per heavy atom. The number of anilines is 1. The Labute approximate surface area is 231 Å². The van der Waals surface area contributed by atoms with Crippen molar-refractivity contribution in [3.63, 3.8) is 0 Å². The molecule has 0 aliphatic carbocycles. The second-order valence-corrected chi connectivity index (χ2v) is 10.7. The Balaban J connectivity index is 2.09. The summed E-state index contributed by atoms with van der Waals surface area (Å²) < 4.78 is 91.5. The normalized spacial score (nSPS) is 13.7. The molecule has 40 heavy (non-hydrogen) atoms. The molecule has 8 nitrogen and oxygen atoms in total. The van der Waals surface area contributed by atoms with E-state index in [2.05, 4.69) is 10.1 Å². The Kier molecular flexibility index (Phi) is 8.99. The first-order chi connectivity index (χ1) is 18.4. The van der Waals surface area contributed by atoms with Crippen LogP contribution in [0.4, 0.5) is 32.0 Å². The summed E-state index contributed by atoms with van der Waals surface area (Å²) in [4.78, 5) is 31.1. The first-order valence-corrected chi connectivity index (χ1v) is 13.4. The third kappa shape index (κ3) is 6.81. The SMILES string of the molecule is Cc1nc(Cn2nc(C(F)(F)F)cc2C(F)(F)F)ccc1N(C(=O)c1c(Cl)cccc1C(N)=O)[C@@H](C)CS(C)=O. The maximum absolute atomic E-state index is 13.8. The molecule has 0 bridgehead atoms. The van der Waals surface area contributed by atoms with Gasteiger partial charge in [-0.15, -0.1) is 0 Å². The van der Waals surface area contributed by atoms with E-state index in [1.54, 1.807) is 6.92 Å². The molecule has 0 aliphatic heterocycles. The number of halogens is 7. The summed E-state index contributed by atoms with van der Waals surface area (Å²) in [5, 5.41) is 2.98. The fraction of sp³-hybridized carbons (Fsp3) is 0.333. The van der Waals surface area contributed by atoms with Gasteiger partial charge in [0, 0.05) is 34.9 Å². The number of carbonyl (C=O) groups is 2. The van der Waals surface area contributed by atoms with Crippen LogP contribution in [0.1, 0.15) is 50.4 Å². The molecule has 0 saturated carbocycles. The molecule has 2 amide bonds. The Bertz CT molecular complexity index is 1470. The minimum atomic E-state index is -5.12. The molecule has 0 spiro atoms.